The molecule has 0 amide bonds. The van der Waals surface area contributed by atoms with Crippen molar-refractivity contribution in [1.82, 2.24) is 0 Å². The van der Waals surface area contributed by atoms with Gasteiger partial charge >= 0.3 is 0 Å². The second-order valence-electron chi connectivity index (χ2n) is 3.92. The zero-order chi connectivity index (χ0) is 11.8. The van der Waals surface area contributed by atoms with Crippen LogP contribution in [-0.2, 0) is 6.42 Å². The minimum Gasteiger partial charge on any atom is -0.330 e. The lowest BCUT2D eigenvalue weighted by Gasteiger charge is -2.14. The first-order valence-electron chi connectivity index (χ1n) is 5.78. The lowest BCUT2D eigenvalue weighted by Crippen LogP contribution is -2.17. The fourth-order valence-corrected chi connectivity index (χ4v) is 2.44. The summed E-state index contributed by atoms with van der Waals surface area (Å²) in [4.78, 5) is 0. The summed E-state index contributed by atoms with van der Waals surface area (Å²) in [5.74, 6) is 2.67. The van der Waals surface area contributed by atoms with Crippen LogP contribution in [-0.4, -0.2) is 18.1 Å². The first kappa shape index (κ1) is 13.5. The second kappa shape index (κ2) is 7.69. The Kier molecular flexibility index (Phi) is 6.50. The lowest BCUT2D eigenvalue weighted by atomic mass is 9.97. The Labute approximate surface area is 102 Å². The molecule has 1 unspecified atom stereocenters. The molecule has 16 heavy (non-hydrogen) atoms. The molecule has 1 atom stereocenters. The molecule has 90 valence electrons. The number of hydrogen-bond acceptors (Lipinski definition) is 2. The third-order valence-electron chi connectivity index (χ3n) is 2.65. The quantitative estimate of drug-likeness (QED) is 0.742. The largest absolute Gasteiger partial charge is 0.330 e. The summed E-state index contributed by atoms with van der Waals surface area (Å²) in [7, 11) is 0. The molecule has 0 aliphatic rings. The van der Waals surface area contributed by atoms with Crippen molar-refractivity contribution < 1.29 is 4.39 Å². The highest BCUT2D eigenvalue weighted by atomic mass is 32.2. The Morgan fingerprint density at radius 3 is 2.56 bits per heavy atom. The van der Waals surface area contributed by atoms with E-state index in [-0.39, 0.29) is 5.82 Å². The fraction of sp³-hybridized carbons (Fsp3) is 0.538. The van der Waals surface area contributed by atoms with Gasteiger partial charge < -0.3 is 5.73 Å². The number of halogens is 1. The van der Waals surface area contributed by atoms with E-state index in [1.54, 1.807) is 0 Å². The van der Waals surface area contributed by atoms with Crippen molar-refractivity contribution in [3.8, 4) is 0 Å². The molecule has 1 aromatic carbocycles. The molecular formula is C13H20FNS. The van der Waals surface area contributed by atoms with Crippen molar-refractivity contribution >= 4 is 11.8 Å². The average Bonchev–Trinajstić information content (AvgIpc) is 2.31. The van der Waals surface area contributed by atoms with Crippen molar-refractivity contribution in [2.45, 2.75) is 19.8 Å². The predicted octanol–water partition coefficient (Wildman–Crippen LogP) is 3.09. The van der Waals surface area contributed by atoms with Gasteiger partial charge in [0.2, 0.25) is 0 Å². The molecule has 0 aliphatic carbocycles. The van der Waals surface area contributed by atoms with Crippen LogP contribution in [0.3, 0.4) is 0 Å². The standard InChI is InChI=1S/C13H20FNS/c1-2-16-8-7-12(10-15)9-11-3-5-13(14)6-4-11/h3-6,12H,2,7-10,15H2,1H3. The zero-order valence-electron chi connectivity index (χ0n) is 9.79. The van der Waals surface area contributed by atoms with Gasteiger partial charge in [-0.05, 0) is 54.5 Å². The van der Waals surface area contributed by atoms with Gasteiger partial charge in [-0.15, -0.1) is 0 Å². The molecule has 1 nitrogen and oxygen atoms in total. The number of rotatable bonds is 7. The maximum absolute atomic E-state index is 12.7. The van der Waals surface area contributed by atoms with E-state index in [4.69, 9.17) is 5.73 Å². The smallest absolute Gasteiger partial charge is 0.123 e. The second-order valence-corrected chi connectivity index (χ2v) is 5.31. The van der Waals surface area contributed by atoms with E-state index in [9.17, 15) is 4.39 Å². The predicted molar refractivity (Wildman–Crippen MR) is 70.3 cm³/mol. The number of benzene rings is 1. The molecule has 0 radical (unpaired) electrons. The Morgan fingerprint density at radius 2 is 2.00 bits per heavy atom. The van der Waals surface area contributed by atoms with Gasteiger partial charge in [0.1, 0.15) is 5.82 Å². The van der Waals surface area contributed by atoms with Gasteiger partial charge in [-0.3, -0.25) is 0 Å². The zero-order valence-corrected chi connectivity index (χ0v) is 10.6. The summed E-state index contributed by atoms with van der Waals surface area (Å²) in [6, 6.07) is 6.74. The van der Waals surface area contributed by atoms with Gasteiger partial charge in [-0.25, -0.2) is 4.39 Å². The van der Waals surface area contributed by atoms with E-state index in [1.807, 2.05) is 23.9 Å². The molecule has 0 aliphatic heterocycles. The van der Waals surface area contributed by atoms with Crippen LogP contribution in [0.1, 0.15) is 18.9 Å². The third kappa shape index (κ3) is 4.99. The Balaban J connectivity index is 2.40. The highest BCUT2D eigenvalue weighted by molar-refractivity contribution is 7.99. The van der Waals surface area contributed by atoms with Crippen LogP contribution in [0.25, 0.3) is 0 Å². The van der Waals surface area contributed by atoms with Crippen molar-refractivity contribution in [2.75, 3.05) is 18.1 Å². The van der Waals surface area contributed by atoms with Gasteiger partial charge in [-0.1, -0.05) is 19.1 Å². The van der Waals surface area contributed by atoms with Crippen LogP contribution in [0, 0.1) is 11.7 Å². The van der Waals surface area contributed by atoms with E-state index in [1.165, 1.54) is 23.4 Å². The van der Waals surface area contributed by atoms with Crippen LogP contribution in [0.5, 0.6) is 0 Å². The average molecular weight is 241 g/mol. The van der Waals surface area contributed by atoms with E-state index < -0.39 is 0 Å². The molecule has 1 rings (SSSR count). The molecule has 0 saturated carbocycles. The van der Waals surface area contributed by atoms with Crippen LogP contribution < -0.4 is 5.73 Å². The van der Waals surface area contributed by atoms with Gasteiger partial charge in [0, 0.05) is 0 Å². The fourth-order valence-electron chi connectivity index (χ4n) is 1.65. The highest BCUT2D eigenvalue weighted by Gasteiger charge is 2.07. The topological polar surface area (TPSA) is 26.0 Å². The van der Waals surface area contributed by atoms with Gasteiger partial charge in [0.15, 0.2) is 0 Å². The van der Waals surface area contributed by atoms with Crippen LogP contribution in [0.2, 0.25) is 0 Å². The molecule has 0 fully saturated rings. The number of nitrogens with two attached hydrogens (primary N) is 1. The molecule has 1 aromatic rings. The van der Waals surface area contributed by atoms with E-state index >= 15 is 0 Å². The molecule has 0 heterocycles. The van der Waals surface area contributed by atoms with E-state index in [0.29, 0.717) is 12.5 Å². The molecule has 3 heteroatoms. The number of thioether (sulfide) groups is 1. The van der Waals surface area contributed by atoms with Crippen LogP contribution >= 0.6 is 11.8 Å². The third-order valence-corrected chi connectivity index (χ3v) is 3.58. The first-order chi connectivity index (χ1) is 7.76. The Bertz CT molecular complexity index is 286. The summed E-state index contributed by atoms with van der Waals surface area (Å²) in [5, 5.41) is 0. The van der Waals surface area contributed by atoms with Gasteiger partial charge in [0.25, 0.3) is 0 Å². The maximum Gasteiger partial charge on any atom is 0.123 e. The van der Waals surface area contributed by atoms with Crippen LogP contribution in [0.4, 0.5) is 4.39 Å². The molecule has 0 aromatic heterocycles. The summed E-state index contributed by atoms with van der Waals surface area (Å²) in [6.07, 6.45) is 2.10. The van der Waals surface area contributed by atoms with Crippen molar-refractivity contribution in [2.24, 2.45) is 11.7 Å². The summed E-state index contributed by atoms with van der Waals surface area (Å²) in [5.41, 5.74) is 6.93. The summed E-state index contributed by atoms with van der Waals surface area (Å²) in [6.45, 7) is 2.88. The van der Waals surface area contributed by atoms with Gasteiger partial charge in [0.05, 0.1) is 0 Å². The minimum atomic E-state index is -0.172. The maximum atomic E-state index is 12.7. The Hall–Kier alpha value is -0.540. The summed E-state index contributed by atoms with van der Waals surface area (Å²) < 4.78 is 12.7. The normalized spacial score (nSPS) is 12.7. The summed E-state index contributed by atoms with van der Waals surface area (Å²) >= 11 is 1.95. The molecule has 2 N–H and O–H groups in total. The SMILES string of the molecule is CCSCCC(CN)Cc1ccc(F)cc1. The molecule has 0 spiro atoms. The monoisotopic (exact) mass is 241 g/mol. The van der Waals surface area contributed by atoms with Crippen LogP contribution in [0.15, 0.2) is 24.3 Å². The molecule has 0 saturated heterocycles. The van der Waals surface area contributed by atoms with Gasteiger partial charge in [-0.2, -0.15) is 11.8 Å². The first-order valence-corrected chi connectivity index (χ1v) is 6.94. The highest BCUT2D eigenvalue weighted by Crippen LogP contribution is 2.15. The van der Waals surface area contributed by atoms with Crippen molar-refractivity contribution in [1.29, 1.82) is 0 Å². The molecular weight excluding hydrogens is 221 g/mol. The van der Waals surface area contributed by atoms with Crippen molar-refractivity contribution in [3.63, 3.8) is 0 Å². The van der Waals surface area contributed by atoms with E-state index in [2.05, 4.69) is 6.92 Å². The Morgan fingerprint density at radius 1 is 1.31 bits per heavy atom. The van der Waals surface area contributed by atoms with E-state index in [0.717, 1.165) is 18.6 Å². The number of hydrogen-bond donors (Lipinski definition) is 1. The minimum absolute atomic E-state index is 0.172. The lowest BCUT2D eigenvalue weighted by molar-refractivity contribution is 0.522. The molecule has 0 bridgehead atoms. The van der Waals surface area contributed by atoms with Crippen molar-refractivity contribution in [3.05, 3.63) is 35.6 Å².